The summed E-state index contributed by atoms with van der Waals surface area (Å²) in [6.07, 6.45) is -2.52. The third kappa shape index (κ3) is 13.4. The zero-order chi connectivity index (χ0) is 36.4. The maximum absolute atomic E-state index is 14.5. The van der Waals surface area contributed by atoms with Crippen LogP contribution in [0.15, 0.2) is 54.6 Å². The van der Waals surface area contributed by atoms with Crippen molar-refractivity contribution < 1.29 is 37.8 Å². The Morgan fingerprint density at radius 3 is 1.88 bits per heavy atom. The zero-order valence-corrected chi connectivity index (χ0v) is 30.5. The third-order valence-electron chi connectivity index (χ3n) is 7.84. The van der Waals surface area contributed by atoms with Gasteiger partial charge in [-0.15, -0.1) is 0 Å². The molecule has 0 aliphatic carbocycles. The second kappa shape index (κ2) is 17.0. The molecule has 2 rings (SSSR count). The number of rotatable bonds is 15. The number of ether oxygens (including phenoxy) is 3. The van der Waals surface area contributed by atoms with E-state index in [1.165, 1.54) is 39.8 Å². The summed E-state index contributed by atoms with van der Waals surface area (Å²) >= 11 is 0. The standard InChI is InChI=1S/C38H55FN2O7/c1-25(33(43)46-24-27-15-13-12-14-16-27)47-35(45)30(23-36(2,3)4)41(11)32(42)31(48-34(44)29(40-10)22-38(8,9)39)21-26-17-19-28(20-18-26)37(5,6)7/h12-20,25,29-31,40H,21-24H2,1-11H3/t25-,29+,30+,31?/m1/s1. The minimum atomic E-state index is -1.67. The van der Waals surface area contributed by atoms with E-state index in [2.05, 4.69) is 26.1 Å². The topological polar surface area (TPSA) is 111 Å². The summed E-state index contributed by atoms with van der Waals surface area (Å²) in [4.78, 5) is 55.0. The Bertz CT molecular complexity index is 1360. The minimum Gasteiger partial charge on any atom is -0.458 e. The molecule has 1 N–H and O–H groups in total. The molecule has 0 spiro atoms. The number of alkyl halides is 1. The number of nitrogens with one attached hydrogen (secondary N) is 1. The van der Waals surface area contributed by atoms with Crippen molar-refractivity contribution in [3.63, 3.8) is 0 Å². The molecular weight excluding hydrogens is 615 g/mol. The maximum Gasteiger partial charge on any atom is 0.347 e. The molecular formula is C38H55FN2O7. The average Bonchev–Trinajstić information content (AvgIpc) is 2.99. The Labute approximate surface area is 285 Å². The van der Waals surface area contributed by atoms with Crippen molar-refractivity contribution in [2.75, 3.05) is 14.1 Å². The van der Waals surface area contributed by atoms with Crippen LogP contribution in [0.1, 0.15) is 91.8 Å². The first-order valence-corrected chi connectivity index (χ1v) is 16.4. The van der Waals surface area contributed by atoms with Crippen molar-refractivity contribution >= 4 is 23.8 Å². The fraction of sp³-hybridized carbons (Fsp3) is 0.579. The number of nitrogens with zero attached hydrogens (tertiary/aromatic N) is 1. The van der Waals surface area contributed by atoms with E-state index in [0.29, 0.717) is 0 Å². The number of halogens is 1. The van der Waals surface area contributed by atoms with E-state index >= 15 is 0 Å². The second-order valence-corrected chi connectivity index (χ2v) is 15.2. The number of amides is 1. The highest BCUT2D eigenvalue weighted by molar-refractivity contribution is 5.90. The van der Waals surface area contributed by atoms with Gasteiger partial charge in [-0.25, -0.2) is 14.0 Å². The monoisotopic (exact) mass is 670 g/mol. The van der Waals surface area contributed by atoms with Gasteiger partial charge in [0.1, 0.15) is 24.4 Å². The summed E-state index contributed by atoms with van der Waals surface area (Å²) in [5.74, 6) is -2.94. The molecule has 0 saturated carbocycles. The molecule has 2 aromatic rings. The maximum atomic E-state index is 14.5. The molecule has 0 aromatic heterocycles. The van der Waals surface area contributed by atoms with E-state index in [4.69, 9.17) is 14.2 Å². The van der Waals surface area contributed by atoms with Gasteiger partial charge in [0.25, 0.3) is 5.91 Å². The molecule has 0 radical (unpaired) electrons. The van der Waals surface area contributed by atoms with Crippen molar-refractivity contribution in [1.29, 1.82) is 0 Å². The number of hydrogen-bond donors (Lipinski definition) is 1. The molecule has 0 heterocycles. The Balaban J connectivity index is 2.35. The van der Waals surface area contributed by atoms with Gasteiger partial charge in [-0.1, -0.05) is 96.1 Å². The Morgan fingerprint density at radius 2 is 1.38 bits per heavy atom. The molecule has 0 aliphatic rings. The molecule has 2 aromatic carbocycles. The van der Waals surface area contributed by atoms with Gasteiger partial charge in [-0.3, -0.25) is 9.59 Å². The largest absolute Gasteiger partial charge is 0.458 e. The highest BCUT2D eigenvalue weighted by atomic mass is 19.1. The van der Waals surface area contributed by atoms with Crippen LogP contribution in [-0.4, -0.2) is 72.8 Å². The number of carbonyl (C=O) groups excluding carboxylic acids is 4. The first-order chi connectivity index (χ1) is 22.1. The number of esters is 3. The van der Waals surface area contributed by atoms with Crippen LogP contribution in [0.2, 0.25) is 0 Å². The van der Waals surface area contributed by atoms with Gasteiger partial charge in [0.05, 0.1) is 0 Å². The van der Waals surface area contributed by atoms with Crippen LogP contribution >= 0.6 is 0 Å². The summed E-state index contributed by atoms with van der Waals surface area (Å²) in [7, 11) is 2.97. The first-order valence-electron chi connectivity index (χ1n) is 16.4. The van der Waals surface area contributed by atoms with Gasteiger partial charge in [-0.05, 0) is 61.8 Å². The lowest BCUT2D eigenvalue weighted by molar-refractivity contribution is -0.174. The molecule has 266 valence electrons. The molecule has 0 saturated heterocycles. The van der Waals surface area contributed by atoms with Gasteiger partial charge < -0.3 is 24.4 Å². The van der Waals surface area contributed by atoms with E-state index < -0.39 is 59.2 Å². The van der Waals surface area contributed by atoms with Crippen LogP contribution in [0, 0.1) is 5.41 Å². The molecule has 1 amide bonds. The van der Waals surface area contributed by atoms with Crippen molar-refractivity contribution in [1.82, 2.24) is 10.2 Å². The summed E-state index contributed by atoms with van der Waals surface area (Å²) in [6, 6.07) is 14.7. The molecule has 0 fully saturated rings. The fourth-order valence-corrected chi connectivity index (χ4v) is 5.03. The molecule has 9 nitrogen and oxygen atoms in total. The molecule has 10 heteroatoms. The van der Waals surface area contributed by atoms with Crippen molar-refractivity contribution in [2.45, 2.75) is 124 Å². The number of benzene rings is 2. The van der Waals surface area contributed by atoms with E-state index in [-0.39, 0.29) is 31.3 Å². The summed E-state index contributed by atoms with van der Waals surface area (Å²) < 4.78 is 31.2. The molecule has 48 heavy (non-hydrogen) atoms. The van der Waals surface area contributed by atoms with E-state index in [9.17, 15) is 23.6 Å². The van der Waals surface area contributed by atoms with Crippen LogP contribution in [-0.2, 0) is 51.8 Å². The SMILES string of the molecule is CN[C@@H](CC(C)(C)F)C(=O)OC(Cc1ccc(C(C)(C)C)cc1)C(=O)N(C)[C@@H](CC(C)(C)C)C(=O)O[C@H](C)C(=O)OCc1ccccc1. The van der Waals surface area contributed by atoms with Gasteiger partial charge >= 0.3 is 17.9 Å². The first kappa shape index (κ1) is 40.4. The highest BCUT2D eigenvalue weighted by Crippen LogP contribution is 2.27. The molecule has 1 unspecified atom stereocenters. The Morgan fingerprint density at radius 1 is 0.792 bits per heavy atom. The lowest BCUT2D eigenvalue weighted by Gasteiger charge is -2.34. The number of hydrogen-bond acceptors (Lipinski definition) is 8. The summed E-state index contributed by atoms with van der Waals surface area (Å²) in [6.45, 7) is 16.2. The predicted octanol–water partition coefficient (Wildman–Crippen LogP) is 6.10. The quantitative estimate of drug-likeness (QED) is 0.179. The summed E-state index contributed by atoms with van der Waals surface area (Å²) in [5.41, 5.74) is 0.405. The van der Waals surface area contributed by atoms with Crippen molar-refractivity contribution in [2.24, 2.45) is 5.41 Å². The summed E-state index contributed by atoms with van der Waals surface area (Å²) in [5, 5.41) is 2.79. The van der Waals surface area contributed by atoms with Gasteiger partial charge in [0.15, 0.2) is 12.2 Å². The van der Waals surface area contributed by atoms with Crippen LogP contribution in [0.3, 0.4) is 0 Å². The number of carbonyl (C=O) groups is 4. The smallest absolute Gasteiger partial charge is 0.347 e. The van der Waals surface area contributed by atoms with Gasteiger partial charge in [0.2, 0.25) is 0 Å². The fourth-order valence-electron chi connectivity index (χ4n) is 5.03. The Hall–Kier alpha value is -3.79. The molecule has 4 atom stereocenters. The zero-order valence-electron chi connectivity index (χ0n) is 30.5. The van der Waals surface area contributed by atoms with Crippen LogP contribution in [0.25, 0.3) is 0 Å². The number of likely N-dealkylation sites (N-methyl/N-ethyl adjacent to an activating group) is 2. The van der Waals surface area contributed by atoms with Crippen LogP contribution in [0.4, 0.5) is 4.39 Å². The van der Waals surface area contributed by atoms with E-state index in [1.54, 1.807) is 0 Å². The Kier molecular flexibility index (Phi) is 14.3. The van der Waals surface area contributed by atoms with Crippen LogP contribution < -0.4 is 5.32 Å². The van der Waals surface area contributed by atoms with Crippen LogP contribution in [0.5, 0.6) is 0 Å². The normalized spacial score (nSPS) is 14.7. The van der Waals surface area contributed by atoms with Gasteiger partial charge in [-0.2, -0.15) is 0 Å². The van der Waals surface area contributed by atoms with E-state index in [0.717, 1.165) is 16.7 Å². The average molecular weight is 671 g/mol. The predicted molar refractivity (Wildman–Crippen MR) is 184 cm³/mol. The highest BCUT2D eigenvalue weighted by Gasteiger charge is 2.39. The third-order valence-corrected chi connectivity index (χ3v) is 7.84. The van der Waals surface area contributed by atoms with Crippen molar-refractivity contribution in [3.8, 4) is 0 Å². The molecule has 0 bridgehead atoms. The van der Waals surface area contributed by atoms with E-state index in [1.807, 2.05) is 75.4 Å². The lowest BCUT2D eigenvalue weighted by Crippen LogP contribution is -2.52. The molecule has 0 aliphatic heterocycles. The second-order valence-electron chi connectivity index (χ2n) is 15.2. The van der Waals surface area contributed by atoms with Crippen molar-refractivity contribution in [3.05, 3.63) is 71.3 Å². The van der Waals surface area contributed by atoms with Gasteiger partial charge in [0, 0.05) is 19.9 Å². The lowest BCUT2D eigenvalue weighted by atomic mass is 9.86. The minimum absolute atomic E-state index is 0.0162.